The molecule has 0 aromatic heterocycles. The lowest BCUT2D eigenvalue weighted by Crippen LogP contribution is -2.60. The number of para-hydroxylation sites is 3. The highest BCUT2D eigenvalue weighted by Crippen LogP contribution is 2.48. The summed E-state index contributed by atoms with van der Waals surface area (Å²) in [6, 6.07) is 23.4. The summed E-state index contributed by atoms with van der Waals surface area (Å²) < 4.78 is 6.25. The van der Waals surface area contributed by atoms with E-state index in [1.54, 1.807) is 42.5 Å². The van der Waals surface area contributed by atoms with Gasteiger partial charge in [-0.05, 0) is 30.3 Å². The van der Waals surface area contributed by atoms with E-state index in [4.69, 9.17) is 4.74 Å². The number of benzene rings is 3. The molecule has 5 nitrogen and oxygen atoms in total. The van der Waals surface area contributed by atoms with Crippen LogP contribution in [0.3, 0.4) is 0 Å². The molecule has 3 aromatic carbocycles. The van der Waals surface area contributed by atoms with Crippen molar-refractivity contribution in [3.8, 4) is 5.75 Å². The maximum atomic E-state index is 13.4. The molecule has 126 valence electrons. The third kappa shape index (κ3) is 1.80. The number of anilines is 2. The van der Waals surface area contributed by atoms with Gasteiger partial charge in [-0.25, -0.2) is 0 Å². The molecule has 0 radical (unpaired) electrons. The predicted molar refractivity (Wildman–Crippen MR) is 97.1 cm³/mol. The summed E-state index contributed by atoms with van der Waals surface area (Å²) >= 11 is 0. The van der Waals surface area contributed by atoms with E-state index < -0.39 is 5.72 Å². The molecule has 0 saturated heterocycles. The van der Waals surface area contributed by atoms with Crippen molar-refractivity contribution in [2.75, 3.05) is 10.2 Å². The fourth-order valence-corrected chi connectivity index (χ4v) is 3.62. The first-order valence-electron chi connectivity index (χ1n) is 8.30. The molecule has 0 bridgehead atoms. The van der Waals surface area contributed by atoms with Crippen LogP contribution in [0.2, 0.25) is 0 Å². The summed E-state index contributed by atoms with van der Waals surface area (Å²) in [6.07, 6.45) is 0. The van der Waals surface area contributed by atoms with Crippen molar-refractivity contribution in [1.29, 1.82) is 0 Å². The molecule has 1 spiro atoms. The van der Waals surface area contributed by atoms with Gasteiger partial charge in [-0.1, -0.05) is 48.5 Å². The van der Waals surface area contributed by atoms with Gasteiger partial charge in [-0.2, -0.15) is 0 Å². The molecule has 1 N–H and O–H groups in total. The number of carbonyl (C=O) groups excluding carboxylic acids is 2. The normalized spacial score (nSPS) is 20.4. The first kappa shape index (κ1) is 14.7. The van der Waals surface area contributed by atoms with Crippen LogP contribution in [-0.4, -0.2) is 11.8 Å². The highest BCUT2D eigenvalue weighted by Gasteiger charge is 2.59. The Morgan fingerprint density at radius 3 is 2.35 bits per heavy atom. The molecule has 0 aliphatic carbocycles. The van der Waals surface area contributed by atoms with Gasteiger partial charge in [0.1, 0.15) is 5.75 Å². The average molecular weight is 342 g/mol. The number of hydrogen-bond donors (Lipinski definition) is 1. The smallest absolute Gasteiger partial charge is 0.297 e. The van der Waals surface area contributed by atoms with Crippen LogP contribution >= 0.6 is 0 Å². The number of rotatable bonds is 1. The van der Waals surface area contributed by atoms with Crippen molar-refractivity contribution in [3.63, 3.8) is 0 Å². The van der Waals surface area contributed by atoms with E-state index >= 15 is 0 Å². The van der Waals surface area contributed by atoms with Crippen LogP contribution in [0.25, 0.3) is 0 Å². The van der Waals surface area contributed by atoms with Crippen LogP contribution in [0.5, 0.6) is 5.75 Å². The van der Waals surface area contributed by atoms with Gasteiger partial charge >= 0.3 is 0 Å². The van der Waals surface area contributed by atoms with Gasteiger partial charge in [0, 0.05) is 5.69 Å². The molecule has 3 aromatic rings. The van der Waals surface area contributed by atoms with E-state index in [0.29, 0.717) is 28.3 Å². The van der Waals surface area contributed by atoms with E-state index in [1.165, 1.54) is 4.90 Å². The fourth-order valence-electron chi connectivity index (χ4n) is 3.62. The summed E-state index contributed by atoms with van der Waals surface area (Å²) in [7, 11) is 0. The number of nitrogens with one attached hydrogen (secondary N) is 1. The molecule has 26 heavy (non-hydrogen) atoms. The molecular weight excluding hydrogens is 328 g/mol. The monoisotopic (exact) mass is 342 g/mol. The second-order valence-corrected chi connectivity index (χ2v) is 6.22. The van der Waals surface area contributed by atoms with E-state index in [-0.39, 0.29) is 11.8 Å². The van der Waals surface area contributed by atoms with Crippen LogP contribution in [0.1, 0.15) is 15.9 Å². The third-order valence-electron chi connectivity index (χ3n) is 4.76. The number of amides is 2. The Bertz CT molecular complexity index is 1050. The highest BCUT2D eigenvalue weighted by molar-refractivity contribution is 6.18. The molecule has 5 heteroatoms. The van der Waals surface area contributed by atoms with Crippen molar-refractivity contribution in [2.45, 2.75) is 5.72 Å². The maximum absolute atomic E-state index is 13.4. The van der Waals surface area contributed by atoms with E-state index in [9.17, 15) is 9.59 Å². The minimum Gasteiger partial charge on any atom is -0.453 e. The van der Waals surface area contributed by atoms with Crippen molar-refractivity contribution < 1.29 is 14.3 Å². The van der Waals surface area contributed by atoms with Gasteiger partial charge in [0.15, 0.2) is 0 Å². The molecule has 0 unspecified atom stereocenters. The number of fused-ring (bicyclic) bond motifs is 3. The van der Waals surface area contributed by atoms with Crippen LogP contribution in [-0.2, 0) is 10.5 Å². The number of hydrogen-bond acceptors (Lipinski definition) is 3. The molecule has 2 aliphatic heterocycles. The minimum absolute atomic E-state index is 0.273. The molecule has 0 fully saturated rings. The summed E-state index contributed by atoms with van der Waals surface area (Å²) in [5.74, 6) is -0.258. The Labute approximate surface area is 149 Å². The summed E-state index contributed by atoms with van der Waals surface area (Å²) in [5, 5.41) is 2.85. The largest absolute Gasteiger partial charge is 0.453 e. The highest BCUT2D eigenvalue weighted by atomic mass is 16.5. The van der Waals surface area contributed by atoms with E-state index in [0.717, 1.165) is 0 Å². The summed E-state index contributed by atoms with van der Waals surface area (Å²) in [4.78, 5) is 28.0. The Hall–Kier alpha value is -3.60. The Morgan fingerprint density at radius 1 is 0.808 bits per heavy atom. The molecule has 2 amide bonds. The lowest BCUT2D eigenvalue weighted by molar-refractivity contribution is -0.131. The van der Waals surface area contributed by atoms with Crippen molar-refractivity contribution in [1.82, 2.24) is 0 Å². The molecule has 2 aliphatic rings. The maximum Gasteiger partial charge on any atom is 0.297 e. The lowest BCUT2D eigenvalue weighted by Gasteiger charge is -2.43. The van der Waals surface area contributed by atoms with Crippen LogP contribution in [0.15, 0.2) is 78.9 Å². The Kier molecular flexibility index (Phi) is 2.94. The van der Waals surface area contributed by atoms with Gasteiger partial charge in [-0.3, -0.25) is 14.5 Å². The molecule has 2 heterocycles. The van der Waals surface area contributed by atoms with Gasteiger partial charge in [0.2, 0.25) is 0 Å². The first-order valence-corrected chi connectivity index (χ1v) is 8.30. The third-order valence-corrected chi connectivity index (χ3v) is 4.76. The average Bonchev–Trinajstić information content (AvgIpc) is 2.95. The SMILES string of the molecule is O=C1c2ccccc2O[C@]2(C(=O)Nc3ccccc32)N1c1ccccc1. The summed E-state index contributed by atoms with van der Waals surface area (Å²) in [6.45, 7) is 0. The van der Waals surface area contributed by atoms with E-state index in [2.05, 4.69) is 5.32 Å². The number of ether oxygens (including phenoxy) is 1. The zero-order valence-electron chi connectivity index (χ0n) is 13.7. The van der Waals surface area contributed by atoms with Gasteiger partial charge in [0.25, 0.3) is 17.5 Å². The number of nitrogens with zero attached hydrogens (tertiary/aromatic N) is 1. The van der Waals surface area contributed by atoms with Gasteiger partial charge < -0.3 is 10.1 Å². The molecular formula is C21H14N2O3. The van der Waals surface area contributed by atoms with Crippen LogP contribution in [0, 0.1) is 0 Å². The van der Waals surface area contributed by atoms with Crippen LogP contribution < -0.4 is 15.0 Å². The Balaban J connectivity index is 1.83. The van der Waals surface area contributed by atoms with Crippen LogP contribution in [0.4, 0.5) is 11.4 Å². The van der Waals surface area contributed by atoms with Crippen molar-refractivity contribution in [2.24, 2.45) is 0 Å². The second kappa shape index (κ2) is 5.20. The standard InChI is InChI=1S/C21H14N2O3/c24-19-15-10-4-7-13-18(15)26-21(23(19)14-8-2-1-3-9-14)16-11-5-6-12-17(16)22-20(21)25/h1-13H,(H,22,25)/t21-/m1/s1. The number of carbonyl (C=O) groups is 2. The zero-order valence-corrected chi connectivity index (χ0v) is 13.7. The molecule has 1 atom stereocenters. The Morgan fingerprint density at radius 2 is 1.50 bits per heavy atom. The summed E-state index contributed by atoms with van der Waals surface area (Å²) in [5.41, 5.74) is 0.726. The van der Waals surface area contributed by atoms with Crippen molar-refractivity contribution >= 4 is 23.2 Å². The van der Waals surface area contributed by atoms with E-state index in [1.807, 2.05) is 36.4 Å². The minimum atomic E-state index is -1.57. The topological polar surface area (TPSA) is 58.6 Å². The van der Waals surface area contributed by atoms with Crippen molar-refractivity contribution in [3.05, 3.63) is 90.0 Å². The predicted octanol–water partition coefficient (Wildman–Crippen LogP) is 3.53. The van der Waals surface area contributed by atoms with Gasteiger partial charge in [-0.15, -0.1) is 0 Å². The second-order valence-electron chi connectivity index (χ2n) is 6.22. The fraction of sp³-hybridized carbons (Fsp3) is 0.0476. The zero-order chi connectivity index (χ0) is 17.7. The lowest BCUT2D eigenvalue weighted by atomic mass is 9.96. The van der Waals surface area contributed by atoms with Gasteiger partial charge in [0.05, 0.1) is 16.8 Å². The molecule has 5 rings (SSSR count). The quantitative estimate of drug-likeness (QED) is 0.736. The molecule has 0 saturated carbocycles. The first-order chi connectivity index (χ1) is 12.7.